The molecule has 0 amide bonds. The minimum Gasteiger partial charge on any atom is -0.327 e. The Hall–Kier alpha value is -2.93. The van der Waals surface area contributed by atoms with Gasteiger partial charge >= 0.3 is 0 Å². The minimum atomic E-state index is 0.628. The van der Waals surface area contributed by atoms with Crippen LogP contribution in [-0.2, 0) is 0 Å². The van der Waals surface area contributed by atoms with E-state index in [1.807, 2.05) is 61.3 Å². The van der Waals surface area contributed by atoms with Crippen molar-refractivity contribution >= 4 is 22.3 Å². The van der Waals surface area contributed by atoms with Crippen LogP contribution in [0.4, 0.5) is 11.5 Å². The van der Waals surface area contributed by atoms with E-state index < -0.39 is 0 Å². The molecule has 102 valence electrons. The highest BCUT2D eigenvalue weighted by atomic mass is 15.2. The van der Waals surface area contributed by atoms with Crippen LogP contribution in [0.3, 0.4) is 0 Å². The Kier molecular flexibility index (Phi) is 3.25. The van der Waals surface area contributed by atoms with Crippen LogP contribution in [0.1, 0.15) is 11.3 Å². The summed E-state index contributed by atoms with van der Waals surface area (Å²) < 4.78 is 0. The Morgan fingerprint density at radius 2 is 1.76 bits per heavy atom. The third-order valence-electron chi connectivity index (χ3n) is 3.53. The summed E-state index contributed by atoms with van der Waals surface area (Å²) in [6, 6.07) is 17.7. The number of benzene rings is 2. The van der Waals surface area contributed by atoms with Crippen molar-refractivity contribution < 1.29 is 0 Å². The summed E-state index contributed by atoms with van der Waals surface area (Å²) >= 11 is 0. The highest BCUT2D eigenvalue weighted by Crippen LogP contribution is 2.29. The Balaban J connectivity index is 2.16. The van der Waals surface area contributed by atoms with Gasteiger partial charge < -0.3 is 4.90 Å². The zero-order chi connectivity index (χ0) is 14.8. The molecule has 2 aromatic carbocycles. The van der Waals surface area contributed by atoms with E-state index in [-0.39, 0.29) is 0 Å². The molecule has 21 heavy (non-hydrogen) atoms. The standard InChI is InChI=1S/C17H14N4/c1-12-15-8-3-4-9-16(15)17(20-19-12)21(2)14-7-5-6-13(10-14)11-18/h3-10H,1-2H3. The summed E-state index contributed by atoms with van der Waals surface area (Å²) in [6.07, 6.45) is 0. The van der Waals surface area contributed by atoms with Crippen LogP contribution in [0.15, 0.2) is 48.5 Å². The van der Waals surface area contributed by atoms with Gasteiger partial charge in [0.05, 0.1) is 17.3 Å². The Bertz CT molecular complexity index is 849. The number of aryl methyl sites for hydroxylation is 1. The lowest BCUT2D eigenvalue weighted by atomic mass is 10.1. The first kappa shape index (κ1) is 13.1. The van der Waals surface area contributed by atoms with Crippen molar-refractivity contribution in [3.63, 3.8) is 0 Å². The summed E-state index contributed by atoms with van der Waals surface area (Å²) in [6.45, 7) is 1.95. The molecule has 1 heterocycles. The van der Waals surface area contributed by atoms with Crippen LogP contribution in [-0.4, -0.2) is 17.2 Å². The van der Waals surface area contributed by atoms with E-state index in [0.29, 0.717) is 5.56 Å². The maximum atomic E-state index is 9.03. The Morgan fingerprint density at radius 1 is 1.00 bits per heavy atom. The van der Waals surface area contributed by atoms with E-state index in [4.69, 9.17) is 5.26 Å². The molecule has 0 spiro atoms. The number of hydrogen-bond acceptors (Lipinski definition) is 4. The highest BCUT2D eigenvalue weighted by molar-refractivity contribution is 5.94. The third-order valence-corrected chi connectivity index (χ3v) is 3.53. The fraction of sp³-hybridized carbons (Fsp3) is 0.118. The van der Waals surface area contributed by atoms with Gasteiger partial charge in [0.15, 0.2) is 5.82 Å². The summed E-state index contributed by atoms with van der Waals surface area (Å²) in [5.41, 5.74) is 2.45. The van der Waals surface area contributed by atoms with Gasteiger partial charge in [-0.25, -0.2) is 0 Å². The summed E-state index contributed by atoms with van der Waals surface area (Å²) in [5, 5.41) is 19.7. The second-order valence-electron chi connectivity index (χ2n) is 4.88. The Labute approximate surface area is 123 Å². The minimum absolute atomic E-state index is 0.628. The molecule has 0 fully saturated rings. The van der Waals surface area contributed by atoms with Crippen molar-refractivity contribution in [3.05, 3.63) is 59.8 Å². The Morgan fingerprint density at radius 3 is 2.52 bits per heavy atom. The average molecular weight is 274 g/mol. The first-order valence-electron chi connectivity index (χ1n) is 6.66. The lowest BCUT2D eigenvalue weighted by Gasteiger charge is -2.20. The number of nitriles is 1. The van der Waals surface area contributed by atoms with Crippen LogP contribution in [0, 0.1) is 18.3 Å². The molecule has 0 aliphatic rings. The van der Waals surface area contributed by atoms with Gasteiger partial charge in [0.1, 0.15) is 0 Å². The zero-order valence-corrected chi connectivity index (χ0v) is 11.9. The SMILES string of the molecule is Cc1nnc(N(C)c2cccc(C#N)c2)c2ccccc12. The summed E-state index contributed by atoms with van der Waals surface area (Å²) in [4.78, 5) is 1.95. The van der Waals surface area contributed by atoms with Gasteiger partial charge in [-0.15, -0.1) is 5.10 Å². The molecule has 0 aliphatic heterocycles. The predicted octanol–water partition coefficient (Wildman–Crippen LogP) is 3.58. The van der Waals surface area contributed by atoms with Crippen LogP contribution in [0.25, 0.3) is 10.8 Å². The van der Waals surface area contributed by atoms with Crippen molar-refractivity contribution in [3.8, 4) is 6.07 Å². The molecular weight excluding hydrogens is 260 g/mol. The average Bonchev–Trinajstić information content (AvgIpc) is 2.55. The molecule has 4 heteroatoms. The first-order valence-corrected chi connectivity index (χ1v) is 6.66. The lowest BCUT2D eigenvalue weighted by molar-refractivity contribution is 0.972. The van der Waals surface area contributed by atoms with Crippen molar-refractivity contribution in [1.82, 2.24) is 10.2 Å². The second-order valence-corrected chi connectivity index (χ2v) is 4.88. The predicted molar refractivity (Wildman–Crippen MR) is 83.5 cm³/mol. The van der Waals surface area contributed by atoms with Crippen LogP contribution < -0.4 is 4.90 Å². The smallest absolute Gasteiger partial charge is 0.163 e. The fourth-order valence-electron chi connectivity index (χ4n) is 2.38. The van der Waals surface area contributed by atoms with Crippen molar-refractivity contribution in [2.45, 2.75) is 6.92 Å². The number of nitrogens with zero attached hydrogens (tertiary/aromatic N) is 4. The maximum Gasteiger partial charge on any atom is 0.163 e. The van der Waals surface area contributed by atoms with E-state index in [1.165, 1.54) is 0 Å². The van der Waals surface area contributed by atoms with Crippen LogP contribution in [0.2, 0.25) is 0 Å². The van der Waals surface area contributed by atoms with Gasteiger partial charge in [0.25, 0.3) is 0 Å². The molecule has 3 rings (SSSR count). The number of hydrogen-bond donors (Lipinski definition) is 0. The summed E-state index contributed by atoms with van der Waals surface area (Å²) in [7, 11) is 1.93. The van der Waals surface area contributed by atoms with Crippen molar-refractivity contribution in [1.29, 1.82) is 5.26 Å². The second kappa shape index (κ2) is 5.22. The molecule has 0 unspecified atom stereocenters. The molecule has 1 aromatic heterocycles. The van der Waals surface area contributed by atoms with E-state index in [0.717, 1.165) is 28.0 Å². The number of rotatable bonds is 2. The van der Waals surface area contributed by atoms with Gasteiger partial charge in [-0.3, -0.25) is 0 Å². The third kappa shape index (κ3) is 2.30. The van der Waals surface area contributed by atoms with E-state index >= 15 is 0 Å². The maximum absolute atomic E-state index is 9.03. The number of fused-ring (bicyclic) bond motifs is 1. The van der Waals surface area contributed by atoms with Gasteiger partial charge in [-0.1, -0.05) is 30.3 Å². The molecule has 0 saturated carbocycles. The highest BCUT2D eigenvalue weighted by Gasteiger charge is 2.12. The van der Waals surface area contributed by atoms with Crippen molar-refractivity contribution in [2.75, 3.05) is 11.9 Å². The van der Waals surface area contributed by atoms with E-state index in [2.05, 4.69) is 16.3 Å². The molecule has 0 saturated heterocycles. The van der Waals surface area contributed by atoms with Crippen LogP contribution >= 0.6 is 0 Å². The molecule has 0 radical (unpaired) electrons. The number of anilines is 2. The largest absolute Gasteiger partial charge is 0.327 e. The quantitative estimate of drug-likeness (QED) is 0.716. The lowest BCUT2D eigenvalue weighted by Crippen LogP contribution is -2.13. The molecule has 0 atom stereocenters. The van der Waals surface area contributed by atoms with E-state index in [1.54, 1.807) is 6.07 Å². The van der Waals surface area contributed by atoms with E-state index in [9.17, 15) is 0 Å². The molecule has 0 aliphatic carbocycles. The van der Waals surface area contributed by atoms with Gasteiger partial charge in [-0.2, -0.15) is 10.4 Å². The van der Waals surface area contributed by atoms with Gasteiger partial charge in [0.2, 0.25) is 0 Å². The molecule has 0 bridgehead atoms. The summed E-state index contributed by atoms with van der Waals surface area (Å²) in [5.74, 6) is 0.784. The first-order chi connectivity index (χ1) is 10.2. The normalized spacial score (nSPS) is 10.3. The van der Waals surface area contributed by atoms with Crippen molar-refractivity contribution in [2.24, 2.45) is 0 Å². The molecule has 0 N–H and O–H groups in total. The zero-order valence-electron chi connectivity index (χ0n) is 11.9. The molecule has 4 nitrogen and oxygen atoms in total. The van der Waals surface area contributed by atoms with Gasteiger partial charge in [-0.05, 0) is 25.1 Å². The number of aromatic nitrogens is 2. The molecular formula is C17H14N4. The van der Waals surface area contributed by atoms with Gasteiger partial charge in [0, 0.05) is 23.5 Å². The van der Waals surface area contributed by atoms with Crippen LogP contribution in [0.5, 0.6) is 0 Å². The molecule has 3 aromatic rings. The monoisotopic (exact) mass is 274 g/mol. The fourth-order valence-corrected chi connectivity index (χ4v) is 2.38. The topological polar surface area (TPSA) is 52.8 Å².